The van der Waals surface area contributed by atoms with Crippen molar-refractivity contribution in [1.82, 2.24) is 16.0 Å². The average molecular weight is 461 g/mol. The fourth-order valence-corrected chi connectivity index (χ4v) is 4.10. The monoisotopic (exact) mass is 460 g/mol. The number of carbonyl (C=O) groups is 3. The van der Waals surface area contributed by atoms with E-state index in [-0.39, 0.29) is 30.2 Å². The molecule has 1 fully saturated rings. The lowest BCUT2D eigenvalue weighted by atomic mass is 9.88. The van der Waals surface area contributed by atoms with Crippen molar-refractivity contribution in [3.8, 4) is 5.75 Å². The number of hydrogen-bond donors (Lipinski definition) is 6. The van der Waals surface area contributed by atoms with Gasteiger partial charge in [-0.1, -0.05) is 18.2 Å². The van der Waals surface area contributed by atoms with Crippen LogP contribution < -0.4 is 26.4 Å². The minimum Gasteiger partial charge on any atom is -0.497 e. The first-order valence-corrected chi connectivity index (χ1v) is 11.1. The second-order valence-corrected chi connectivity index (χ2v) is 8.49. The number of nitrogens with two attached hydrogens (primary N) is 1. The molecule has 3 rings (SSSR count). The summed E-state index contributed by atoms with van der Waals surface area (Å²) in [4.78, 5) is 37.4. The molecule has 3 amide bonds. The van der Waals surface area contributed by atoms with Crippen molar-refractivity contribution < 1.29 is 29.3 Å². The number of amides is 3. The lowest BCUT2D eigenvalue weighted by Crippen LogP contribution is -2.53. The number of carbonyl (C=O) groups excluding carboxylic acids is 3. The van der Waals surface area contributed by atoms with Gasteiger partial charge < -0.3 is 36.6 Å². The van der Waals surface area contributed by atoms with Crippen LogP contribution in [0.4, 0.5) is 0 Å². The minimum absolute atomic E-state index is 0.110. The van der Waals surface area contributed by atoms with E-state index in [9.17, 15) is 24.6 Å². The summed E-state index contributed by atoms with van der Waals surface area (Å²) in [6.45, 7) is 1.47. The predicted molar refractivity (Wildman–Crippen MR) is 120 cm³/mol. The first-order chi connectivity index (χ1) is 15.8. The fraction of sp³-hybridized carbons (Fsp3) is 0.522. The van der Waals surface area contributed by atoms with E-state index in [1.165, 1.54) is 6.08 Å². The van der Waals surface area contributed by atoms with Crippen molar-refractivity contribution in [3.05, 3.63) is 41.5 Å². The van der Waals surface area contributed by atoms with Crippen LogP contribution in [0.25, 0.3) is 0 Å². The van der Waals surface area contributed by atoms with Crippen LogP contribution in [0.2, 0.25) is 0 Å². The Labute approximate surface area is 192 Å². The molecule has 1 aromatic rings. The van der Waals surface area contributed by atoms with E-state index in [0.717, 1.165) is 18.7 Å². The van der Waals surface area contributed by atoms with Gasteiger partial charge in [-0.05, 0) is 43.6 Å². The summed E-state index contributed by atoms with van der Waals surface area (Å²) in [6.07, 6.45) is 0.401. The zero-order chi connectivity index (χ0) is 24.0. The Balaban J connectivity index is 1.67. The molecule has 10 heteroatoms. The normalized spacial score (nSPS) is 24.3. The molecular weight excluding hydrogens is 428 g/mol. The van der Waals surface area contributed by atoms with Gasteiger partial charge in [0, 0.05) is 24.3 Å². The molecule has 180 valence electrons. The average Bonchev–Trinajstić information content (AvgIpc) is 2.82. The third-order valence-corrected chi connectivity index (χ3v) is 6.13. The van der Waals surface area contributed by atoms with E-state index in [1.807, 2.05) is 0 Å². The van der Waals surface area contributed by atoms with Crippen molar-refractivity contribution in [2.75, 3.05) is 20.2 Å². The Kier molecular flexibility index (Phi) is 8.43. The summed E-state index contributed by atoms with van der Waals surface area (Å²) in [5, 5.41) is 29.2. The van der Waals surface area contributed by atoms with Gasteiger partial charge in [0.2, 0.25) is 17.7 Å². The third kappa shape index (κ3) is 6.53. The molecule has 0 aromatic heterocycles. The molecule has 1 saturated heterocycles. The molecule has 0 spiro atoms. The Morgan fingerprint density at radius 2 is 1.85 bits per heavy atom. The maximum atomic E-state index is 12.9. The molecule has 0 saturated carbocycles. The molecule has 1 heterocycles. The molecule has 4 atom stereocenters. The smallest absolute Gasteiger partial charge is 0.247 e. The second kappa shape index (κ2) is 11.3. The number of benzene rings is 1. The maximum absolute atomic E-state index is 12.9. The van der Waals surface area contributed by atoms with Crippen LogP contribution in [-0.4, -0.2) is 72.4 Å². The van der Waals surface area contributed by atoms with E-state index in [4.69, 9.17) is 10.5 Å². The highest BCUT2D eigenvalue weighted by Gasteiger charge is 2.35. The van der Waals surface area contributed by atoms with Gasteiger partial charge in [0.05, 0.1) is 19.3 Å². The molecule has 7 N–H and O–H groups in total. The lowest BCUT2D eigenvalue weighted by Gasteiger charge is -2.33. The number of ether oxygens (including phenoxy) is 1. The van der Waals surface area contributed by atoms with Crippen LogP contribution in [0.3, 0.4) is 0 Å². The SMILES string of the molecule is COc1ccc(CC(NC(=O)C2=CC(NC(=O)C3CCNCC3)C(O)C(O)C2)C(N)=O)cc1. The van der Waals surface area contributed by atoms with Crippen LogP contribution in [-0.2, 0) is 20.8 Å². The molecule has 2 aliphatic rings. The van der Waals surface area contributed by atoms with Gasteiger partial charge in [0.1, 0.15) is 17.9 Å². The number of aliphatic hydroxyl groups is 2. The molecule has 0 bridgehead atoms. The zero-order valence-corrected chi connectivity index (χ0v) is 18.6. The first-order valence-electron chi connectivity index (χ1n) is 11.1. The lowest BCUT2D eigenvalue weighted by molar-refractivity contribution is -0.128. The summed E-state index contributed by atoms with van der Waals surface area (Å²) in [5.74, 6) is -1.03. The highest BCUT2D eigenvalue weighted by molar-refractivity contribution is 5.97. The Bertz CT molecular complexity index is 881. The van der Waals surface area contributed by atoms with Crippen molar-refractivity contribution in [2.45, 2.75) is 50.0 Å². The van der Waals surface area contributed by atoms with Crippen molar-refractivity contribution in [3.63, 3.8) is 0 Å². The zero-order valence-electron chi connectivity index (χ0n) is 18.6. The van der Waals surface area contributed by atoms with Gasteiger partial charge in [0.25, 0.3) is 0 Å². The highest BCUT2D eigenvalue weighted by Crippen LogP contribution is 2.22. The summed E-state index contributed by atoms with van der Waals surface area (Å²) in [6, 6.07) is 5.14. The Morgan fingerprint density at radius 3 is 2.45 bits per heavy atom. The van der Waals surface area contributed by atoms with E-state index in [2.05, 4.69) is 16.0 Å². The summed E-state index contributed by atoms with van der Waals surface area (Å²) < 4.78 is 5.11. The van der Waals surface area contributed by atoms with Crippen molar-refractivity contribution in [1.29, 1.82) is 0 Å². The highest BCUT2D eigenvalue weighted by atomic mass is 16.5. The molecule has 4 unspecified atom stereocenters. The topological polar surface area (TPSA) is 163 Å². The molecule has 1 aromatic carbocycles. The van der Waals surface area contributed by atoms with Gasteiger partial charge in [-0.25, -0.2) is 0 Å². The van der Waals surface area contributed by atoms with Gasteiger partial charge in [0.15, 0.2) is 0 Å². The van der Waals surface area contributed by atoms with Gasteiger partial charge >= 0.3 is 0 Å². The molecule has 0 radical (unpaired) electrons. The molecule has 1 aliphatic carbocycles. The number of hydrogen-bond acceptors (Lipinski definition) is 7. The van der Waals surface area contributed by atoms with Crippen molar-refractivity contribution in [2.24, 2.45) is 11.7 Å². The number of nitrogens with one attached hydrogen (secondary N) is 3. The Hall–Kier alpha value is -2.95. The standard InChI is InChI=1S/C23H32N4O6/c1-33-16-4-2-13(3-5-16)10-18(21(24)30)27-23(32)15-11-17(20(29)19(28)12-15)26-22(31)14-6-8-25-9-7-14/h2-5,11,14,17-20,25,28-29H,6-10,12H2,1H3,(H2,24,30)(H,26,31)(H,27,32). The number of piperidine rings is 1. The van der Waals surface area contributed by atoms with Crippen LogP contribution in [0, 0.1) is 5.92 Å². The van der Waals surface area contributed by atoms with Gasteiger partial charge in [-0.2, -0.15) is 0 Å². The van der Waals surface area contributed by atoms with Crippen LogP contribution >= 0.6 is 0 Å². The fourth-order valence-electron chi connectivity index (χ4n) is 4.10. The molecule has 33 heavy (non-hydrogen) atoms. The number of methoxy groups -OCH3 is 1. The van der Waals surface area contributed by atoms with E-state index in [1.54, 1.807) is 31.4 Å². The van der Waals surface area contributed by atoms with E-state index >= 15 is 0 Å². The number of primary amides is 1. The van der Waals surface area contributed by atoms with Gasteiger partial charge in [-0.15, -0.1) is 0 Å². The maximum Gasteiger partial charge on any atom is 0.247 e. The second-order valence-electron chi connectivity index (χ2n) is 8.49. The summed E-state index contributed by atoms with van der Waals surface area (Å²) >= 11 is 0. The van der Waals surface area contributed by atoms with E-state index in [0.29, 0.717) is 18.6 Å². The van der Waals surface area contributed by atoms with Crippen LogP contribution in [0.5, 0.6) is 5.75 Å². The molecule has 1 aliphatic heterocycles. The molecular formula is C23H32N4O6. The number of rotatable bonds is 8. The van der Waals surface area contributed by atoms with Crippen LogP contribution in [0.15, 0.2) is 35.9 Å². The predicted octanol–water partition coefficient (Wildman–Crippen LogP) is -1.26. The van der Waals surface area contributed by atoms with Crippen LogP contribution in [0.1, 0.15) is 24.8 Å². The summed E-state index contributed by atoms with van der Waals surface area (Å²) in [5.41, 5.74) is 6.44. The van der Waals surface area contributed by atoms with Gasteiger partial charge in [-0.3, -0.25) is 14.4 Å². The largest absolute Gasteiger partial charge is 0.497 e. The van der Waals surface area contributed by atoms with Crippen molar-refractivity contribution >= 4 is 17.7 Å². The Morgan fingerprint density at radius 1 is 1.18 bits per heavy atom. The third-order valence-electron chi connectivity index (χ3n) is 6.13. The van der Waals surface area contributed by atoms with E-state index < -0.39 is 36.1 Å². The quantitative estimate of drug-likeness (QED) is 0.282. The molecule has 10 nitrogen and oxygen atoms in total. The minimum atomic E-state index is -1.24. The first kappa shape index (κ1) is 24.7. The number of aliphatic hydroxyl groups excluding tert-OH is 2. The summed E-state index contributed by atoms with van der Waals surface area (Å²) in [7, 11) is 1.55.